The second-order valence-electron chi connectivity index (χ2n) is 6.17. The van der Waals surface area contributed by atoms with E-state index in [4.69, 9.17) is 9.47 Å². The van der Waals surface area contributed by atoms with Gasteiger partial charge in [-0.1, -0.05) is 56.2 Å². The Morgan fingerprint density at radius 1 is 0.889 bits per heavy atom. The monoisotopic (exact) mass is 372 g/mol. The first-order valence-electron chi connectivity index (χ1n) is 8.93. The molecule has 0 aromatic heterocycles. The third-order valence-electron chi connectivity index (χ3n) is 4.00. The van der Waals surface area contributed by atoms with Gasteiger partial charge in [-0.3, -0.25) is 0 Å². The minimum Gasteiger partial charge on any atom is -0.449 e. The molecule has 0 aliphatic carbocycles. The molecule has 1 unspecified atom stereocenters. The molecule has 0 saturated carbocycles. The second kappa shape index (κ2) is 9.85. The zero-order valence-electron chi connectivity index (χ0n) is 15.2. The van der Waals surface area contributed by atoms with Crippen LogP contribution < -0.4 is 0 Å². The molecule has 0 fully saturated rings. The Morgan fingerprint density at radius 2 is 1.41 bits per heavy atom. The number of benzene rings is 2. The maximum absolute atomic E-state index is 12.3. The van der Waals surface area contributed by atoms with Crippen molar-refractivity contribution in [3.8, 4) is 0 Å². The van der Waals surface area contributed by atoms with Crippen molar-refractivity contribution in [3.63, 3.8) is 0 Å². The van der Waals surface area contributed by atoms with Crippen molar-refractivity contribution in [1.29, 1.82) is 0 Å². The van der Waals surface area contributed by atoms with Gasteiger partial charge in [0.05, 0.1) is 11.1 Å². The first kappa shape index (κ1) is 20.6. The number of hydrogen-bond donors (Lipinski definition) is 2. The molecule has 2 aromatic carbocycles. The molecular formula is C21H24O6. The van der Waals surface area contributed by atoms with E-state index >= 15 is 0 Å². The molecule has 0 aliphatic rings. The van der Waals surface area contributed by atoms with Gasteiger partial charge in [0.1, 0.15) is 0 Å². The van der Waals surface area contributed by atoms with Crippen LogP contribution in [-0.2, 0) is 9.47 Å². The summed E-state index contributed by atoms with van der Waals surface area (Å²) in [6, 6.07) is 16.1. The summed E-state index contributed by atoms with van der Waals surface area (Å²) in [6.07, 6.45) is 1.01. The molecule has 6 nitrogen and oxygen atoms in total. The van der Waals surface area contributed by atoms with Crippen molar-refractivity contribution >= 4 is 11.9 Å². The van der Waals surface area contributed by atoms with Crippen LogP contribution in [0.5, 0.6) is 0 Å². The fourth-order valence-corrected chi connectivity index (χ4v) is 2.51. The van der Waals surface area contributed by atoms with Crippen molar-refractivity contribution in [2.45, 2.75) is 44.7 Å². The summed E-state index contributed by atoms with van der Waals surface area (Å²) in [6.45, 7) is 1.99. The lowest BCUT2D eigenvalue weighted by molar-refractivity contribution is -0.349. The second-order valence-corrected chi connectivity index (χ2v) is 6.17. The van der Waals surface area contributed by atoms with E-state index in [9.17, 15) is 19.8 Å². The summed E-state index contributed by atoms with van der Waals surface area (Å²) < 4.78 is 10.1. The third-order valence-corrected chi connectivity index (χ3v) is 4.00. The summed E-state index contributed by atoms with van der Waals surface area (Å²) in [5.74, 6) is -4.58. The van der Waals surface area contributed by atoms with Crippen LogP contribution >= 0.6 is 0 Å². The predicted octanol–water partition coefficient (Wildman–Crippen LogP) is 3.29. The van der Waals surface area contributed by atoms with E-state index in [-0.39, 0.29) is 17.5 Å². The van der Waals surface area contributed by atoms with Gasteiger partial charge in [-0.2, -0.15) is 0 Å². The zero-order chi connectivity index (χ0) is 19.7. The largest absolute Gasteiger partial charge is 0.449 e. The topological polar surface area (TPSA) is 93.1 Å². The Morgan fingerprint density at radius 3 is 1.93 bits per heavy atom. The van der Waals surface area contributed by atoms with E-state index in [1.807, 2.05) is 6.92 Å². The lowest BCUT2D eigenvalue weighted by atomic mass is 10.1. The molecule has 0 spiro atoms. The highest BCUT2D eigenvalue weighted by Gasteiger charge is 2.42. The molecular weight excluding hydrogens is 348 g/mol. The predicted molar refractivity (Wildman–Crippen MR) is 98.8 cm³/mol. The number of carbonyl (C=O) groups excluding carboxylic acids is 2. The highest BCUT2D eigenvalue weighted by atomic mass is 16.8. The molecule has 2 aromatic rings. The maximum Gasteiger partial charge on any atom is 0.363 e. The van der Waals surface area contributed by atoms with Gasteiger partial charge < -0.3 is 19.7 Å². The fraction of sp³-hybridized carbons (Fsp3) is 0.333. The van der Waals surface area contributed by atoms with Crippen LogP contribution in [0.15, 0.2) is 60.7 Å². The normalized spacial score (nSPS) is 12.3. The van der Waals surface area contributed by atoms with E-state index in [0.717, 1.165) is 12.8 Å². The van der Waals surface area contributed by atoms with E-state index in [2.05, 4.69) is 0 Å². The van der Waals surface area contributed by atoms with Crippen molar-refractivity contribution in [2.75, 3.05) is 0 Å². The Kier molecular flexibility index (Phi) is 7.52. The molecule has 2 rings (SSSR count). The van der Waals surface area contributed by atoms with Crippen molar-refractivity contribution in [3.05, 3.63) is 71.8 Å². The maximum atomic E-state index is 12.3. The van der Waals surface area contributed by atoms with Gasteiger partial charge in [0.25, 0.3) is 0 Å². The summed E-state index contributed by atoms with van der Waals surface area (Å²) in [5.41, 5.74) is 0.426. The Balaban J connectivity index is 2.12. The van der Waals surface area contributed by atoms with Crippen LogP contribution in [0, 0.1) is 0 Å². The minimum atomic E-state index is -2.94. The lowest BCUT2D eigenvalue weighted by Crippen LogP contribution is -2.48. The van der Waals surface area contributed by atoms with Gasteiger partial charge in [0.2, 0.25) is 0 Å². The molecule has 0 aliphatic heterocycles. The van der Waals surface area contributed by atoms with Crippen LogP contribution in [0.4, 0.5) is 0 Å². The van der Waals surface area contributed by atoms with Crippen LogP contribution in [0.1, 0.15) is 53.3 Å². The highest BCUT2D eigenvalue weighted by Crippen LogP contribution is 2.22. The van der Waals surface area contributed by atoms with Gasteiger partial charge in [0, 0.05) is 0 Å². The quantitative estimate of drug-likeness (QED) is 0.399. The first-order chi connectivity index (χ1) is 12.9. The Labute approximate surface area is 158 Å². The van der Waals surface area contributed by atoms with Crippen LogP contribution in [0.25, 0.3) is 0 Å². The minimum absolute atomic E-state index is 0.140. The van der Waals surface area contributed by atoms with E-state index in [1.54, 1.807) is 48.5 Å². The molecule has 0 bridgehead atoms. The molecule has 1 atom stereocenters. The van der Waals surface area contributed by atoms with E-state index < -0.39 is 24.0 Å². The number of rotatable bonds is 9. The number of carbonyl (C=O) groups is 2. The average molecular weight is 372 g/mol. The average Bonchev–Trinajstić information content (AvgIpc) is 2.68. The van der Waals surface area contributed by atoms with Crippen LogP contribution in [0.2, 0.25) is 0 Å². The first-order valence-corrected chi connectivity index (χ1v) is 8.93. The number of ether oxygens (including phenoxy) is 2. The SMILES string of the molecule is CCCCCC(OC(=O)c1ccccc1)C(O)(O)OC(=O)c1ccccc1. The van der Waals surface area contributed by atoms with Crippen molar-refractivity contribution < 1.29 is 29.3 Å². The fourth-order valence-electron chi connectivity index (χ4n) is 2.51. The highest BCUT2D eigenvalue weighted by molar-refractivity contribution is 5.90. The van der Waals surface area contributed by atoms with Gasteiger partial charge in [0.15, 0.2) is 6.10 Å². The number of aliphatic hydroxyl groups is 2. The third kappa shape index (κ3) is 6.20. The summed E-state index contributed by atoms with van der Waals surface area (Å²) in [5, 5.41) is 20.7. The molecule has 144 valence electrons. The summed E-state index contributed by atoms with van der Waals surface area (Å²) in [7, 11) is 0. The standard InChI is InChI=1S/C21H24O6/c1-2-3-6-15-18(26-19(22)16-11-7-4-8-12-16)21(24,25)27-20(23)17-13-9-5-10-14-17/h4-5,7-14,18,24-25H,2-3,6,15H2,1H3. The summed E-state index contributed by atoms with van der Waals surface area (Å²) in [4.78, 5) is 24.5. The lowest BCUT2D eigenvalue weighted by Gasteiger charge is -2.29. The smallest absolute Gasteiger partial charge is 0.363 e. The van der Waals surface area contributed by atoms with Gasteiger partial charge in [-0.05, 0) is 37.1 Å². The zero-order valence-corrected chi connectivity index (χ0v) is 15.2. The van der Waals surface area contributed by atoms with Gasteiger partial charge in [-0.25, -0.2) is 9.59 Å². The molecule has 0 saturated heterocycles. The molecule has 0 heterocycles. The number of unbranched alkanes of at least 4 members (excludes halogenated alkanes) is 2. The van der Waals surface area contributed by atoms with Crippen LogP contribution in [0.3, 0.4) is 0 Å². The van der Waals surface area contributed by atoms with Gasteiger partial charge >= 0.3 is 17.9 Å². The molecule has 2 N–H and O–H groups in total. The molecule has 0 radical (unpaired) electrons. The van der Waals surface area contributed by atoms with E-state index in [0.29, 0.717) is 6.42 Å². The Hall–Kier alpha value is -2.70. The van der Waals surface area contributed by atoms with Crippen LogP contribution in [-0.4, -0.2) is 34.2 Å². The van der Waals surface area contributed by atoms with Crippen molar-refractivity contribution in [1.82, 2.24) is 0 Å². The molecule has 6 heteroatoms. The van der Waals surface area contributed by atoms with Crippen molar-refractivity contribution in [2.24, 2.45) is 0 Å². The number of hydrogen-bond acceptors (Lipinski definition) is 6. The van der Waals surface area contributed by atoms with Gasteiger partial charge in [-0.15, -0.1) is 0 Å². The number of esters is 2. The summed E-state index contributed by atoms with van der Waals surface area (Å²) >= 11 is 0. The molecule has 27 heavy (non-hydrogen) atoms. The Bertz CT molecular complexity index is 727. The molecule has 0 amide bonds. The van der Waals surface area contributed by atoms with E-state index in [1.165, 1.54) is 12.1 Å².